The van der Waals surface area contributed by atoms with E-state index < -0.39 is 38.6 Å². The van der Waals surface area contributed by atoms with Gasteiger partial charge in [0.25, 0.3) is 0 Å². The van der Waals surface area contributed by atoms with Crippen LogP contribution < -0.4 is 5.11 Å². The zero-order valence-electron chi connectivity index (χ0n) is 44.1. The maximum atomic E-state index is 11.7. The minimum atomic E-state index is -4.26. The number of hydrogen-bond acceptors (Lipinski definition) is 9. The van der Waals surface area contributed by atoms with Crippen LogP contribution in [-0.2, 0) is 41.4 Å². The van der Waals surface area contributed by atoms with Crippen LogP contribution in [0.4, 0.5) is 4.79 Å². The number of fused-ring (bicyclic) bond motifs is 2. The van der Waals surface area contributed by atoms with Crippen LogP contribution in [0.2, 0.25) is 0 Å². The molecule has 7 aromatic carbocycles. The van der Waals surface area contributed by atoms with Crippen molar-refractivity contribution in [2.45, 2.75) is 114 Å². The molecule has 3 aliphatic rings. The van der Waals surface area contributed by atoms with Crippen molar-refractivity contribution in [1.82, 2.24) is 4.90 Å². The van der Waals surface area contributed by atoms with Gasteiger partial charge in [-0.15, -0.1) is 0 Å². The summed E-state index contributed by atoms with van der Waals surface area (Å²) in [6.07, 6.45) is 4.20. The highest BCUT2D eigenvalue weighted by atomic mass is 32.2. The van der Waals surface area contributed by atoms with Gasteiger partial charge in [0.15, 0.2) is 29.4 Å². The number of hydrogen-bond donors (Lipinski definition) is 2. The summed E-state index contributed by atoms with van der Waals surface area (Å²) in [6, 6.07) is 68.5. The minimum Gasteiger partial charge on any atom is -0.872 e. The molecule has 77 heavy (non-hydrogen) atoms. The summed E-state index contributed by atoms with van der Waals surface area (Å²) >= 11 is 0. The van der Waals surface area contributed by atoms with Crippen molar-refractivity contribution >= 4 is 49.8 Å². The van der Waals surface area contributed by atoms with Gasteiger partial charge >= 0.3 is 12.1 Å². The van der Waals surface area contributed by atoms with E-state index >= 15 is 0 Å². The van der Waals surface area contributed by atoms with Crippen molar-refractivity contribution in [2.75, 3.05) is 18.8 Å². The Morgan fingerprint density at radius 3 is 1.32 bits per heavy atom. The highest BCUT2D eigenvalue weighted by Gasteiger charge is 2.52. The van der Waals surface area contributed by atoms with E-state index in [0.29, 0.717) is 51.1 Å². The lowest BCUT2D eigenvalue weighted by molar-refractivity contribution is -0.268. The van der Waals surface area contributed by atoms with Gasteiger partial charge in [0.1, 0.15) is 11.4 Å². The van der Waals surface area contributed by atoms with Gasteiger partial charge in [-0.25, -0.2) is 18.0 Å². The number of nitrogens with zero attached hydrogens (tertiary/aromatic N) is 1. The standard InChI is InChI=1S/2C18H15S.C11H21NO3.C8H12O4S.C8H8O3/c2*1-4-10-16(11-5-1)19(17-12-6-2-7-13-17)18-14-8-3-9-15-18;1-4-11(2,3)15-10(14)12-7-5-9(13)6-8-12;9-7-3-6-1-2-8(7,4-6)5-13(10,11)12;1-5-2-3-6(8(10)11)7(9)4-5/h2*1-15H;9,13H,4-8H2,1-3H3;6H,1-5H2,(H,10,11,12);2-4,9H,1H3,(H,10,11)/q2*+1;;;/p-2. The van der Waals surface area contributed by atoms with Crippen LogP contribution in [0.15, 0.2) is 230 Å². The fourth-order valence-corrected chi connectivity index (χ4v) is 14.4. The first-order valence-electron chi connectivity index (χ1n) is 25.8. The number of carbonyl (C=O) groups excluding carboxylic acids is 2. The van der Waals surface area contributed by atoms with Crippen LogP contribution in [0.5, 0.6) is 5.75 Å². The molecule has 3 fully saturated rings. The summed E-state index contributed by atoms with van der Waals surface area (Å²) in [5.74, 6) is -1.75. The number of ketones is 1. The first-order chi connectivity index (χ1) is 36.9. The van der Waals surface area contributed by atoms with E-state index in [0.717, 1.165) is 18.4 Å². The molecule has 10 rings (SSSR count). The highest BCUT2D eigenvalue weighted by Crippen LogP contribution is 2.52. The van der Waals surface area contributed by atoms with Crippen LogP contribution >= 0.6 is 0 Å². The van der Waals surface area contributed by atoms with Crippen molar-refractivity contribution in [2.24, 2.45) is 11.3 Å². The van der Waals surface area contributed by atoms with Crippen molar-refractivity contribution in [3.8, 4) is 5.75 Å². The van der Waals surface area contributed by atoms with Gasteiger partial charge < -0.3 is 29.5 Å². The molecule has 2 atom stereocenters. The van der Waals surface area contributed by atoms with Crippen molar-refractivity contribution < 1.29 is 47.4 Å². The molecule has 0 radical (unpaired) electrons. The molecule has 0 aromatic heterocycles. The SMILES string of the molecule is CCC(C)(C)OC(=O)N1CCC(O)CC1.Cc1ccc(C(=O)O)c([O-])c1.O=C1CC2CCC1(CS(=O)(=O)[O-])C2.c1ccc([S+](c2ccccc2)c2ccccc2)cc1.c1ccc([S+](c2ccccc2)c2ccccc2)cc1. The third-order valence-electron chi connectivity index (χ3n) is 13.4. The number of piperidine rings is 1. The molecule has 404 valence electrons. The van der Waals surface area contributed by atoms with E-state index in [1.165, 1.54) is 41.5 Å². The van der Waals surface area contributed by atoms with Gasteiger partial charge in [-0.05, 0) is 144 Å². The Morgan fingerprint density at radius 1 is 0.662 bits per heavy atom. The molecule has 1 aliphatic heterocycles. The van der Waals surface area contributed by atoms with E-state index in [2.05, 4.69) is 182 Å². The molecule has 0 spiro atoms. The monoisotopic (exact) mass is 1100 g/mol. The number of Topliss-reactive ketones (excluding diaryl/α,β-unsaturated/α-hetero) is 1. The third kappa shape index (κ3) is 18.2. The summed E-state index contributed by atoms with van der Waals surface area (Å²) in [7, 11) is -4.28. The van der Waals surface area contributed by atoms with E-state index in [1.807, 2.05) is 20.8 Å². The Morgan fingerprint density at radius 2 is 1.04 bits per heavy atom. The van der Waals surface area contributed by atoms with E-state index in [9.17, 15) is 37.6 Å². The lowest BCUT2D eigenvalue weighted by atomic mass is 9.85. The second-order valence-electron chi connectivity index (χ2n) is 19.7. The quantitative estimate of drug-likeness (QED) is 0.0933. The van der Waals surface area contributed by atoms with E-state index in [-0.39, 0.29) is 45.3 Å². The van der Waals surface area contributed by atoms with Gasteiger partial charge in [0.2, 0.25) is 0 Å². The molecule has 2 saturated carbocycles. The molecule has 2 bridgehead atoms. The molecule has 2 unspecified atom stereocenters. The Labute approximate surface area is 460 Å². The molecule has 7 aromatic rings. The first kappa shape index (κ1) is 59.6. The number of rotatable bonds is 11. The normalized spacial score (nSPS) is 16.8. The van der Waals surface area contributed by atoms with Crippen molar-refractivity contribution in [3.63, 3.8) is 0 Å². The average Bonchev–Trinajstić information content (AvgIpc) is 4.02. The number of ether oxygens (including phenoxy) is 1. The van der Waals surface area contributed by atoms with Crippen molar-refractivity contribution in [3.05, 3.63) is 211 Å². The lowest BCUT2D eigenvalue weighted by Gasteiger charge is -2.32. The van der Waals surface area contributed by atoms with Crippen LogP contribution in [0.25, 0.3) is 0 Å². The maximum absolute atomic E-state index is 11.7. The summed E-state index contributed by atoms with van der Waals surface area (Å²) in [6.45, 7) is 8.74. The van der Waals surface area contributed by atoms with Crippen molar-refractivity contribution in [1.29, 1.82) is 0 Å². The second kappa shape index (κ2) is 28.6. The predicted molar refractivity (Wildman–Crippen MR) is 302 cm³/mol. The topological polar surface area (TPSA) is 184 Å². The molecular formula is C63H69NO10S3. The van der Waals surface area contributed by atoms with Gasteiger partial charge in [0.05, 0.1) is 49.3 Å². The summed E-state index contributed by atoms with van der Waals surface area (Å²) < 4.78 is 37.2. The summed E-state index contributed by atoms with van der Waals surface area (Å²) in [5, 5.41) is 28.7. The number of carboxylic acids is 1. The minimum absolute atomic E-state index is 0.0109. The second-order valence-corrected chi connectivity index (χ2v) is 25.2. The van der Waals surface area contributed by atoms with Crippen LogP contribution in [0, 0.1) is 18.3 Å². The zero-order chi connectivity index (χ0) is 55.4. The number of aromatic carboxylic acids is 1. The Balaban J connectivity index is 0.000000158. The van der Waals surface area contributed by atoms with E-state index in [4.69, 9.17) is 9.84 Å². The zero-order valence-corrected chi connectivity index (χ0v) is 46.6. The average molecular weight is 1100 g/mol. The molecule has 1 saturated heterocycles. The fourth-order valence-electron chi connectivity index (χ4n) is 9.08. The smallest absolute Gasteiger partial charge is 0.410 e. The van der Waals surface area contributed by atoms with Gasteiger partial charge in [-0.1, -0.05) is 140 Å². The number of aliphatic hydroxyl groups is 1. The molecule has 11 nitrogen and oxygen atoms in total. The number of carboxylic acid groups (broad SMARTS) is 1. The first-order valence-corrected chi connectivity index (χ1v) is 29.8. The number of aryl methyl sites for hydroxylation is 1. The van der Waals surface area contributed by atoms with E-state index in [1.54, 1.807) is 17.9 Å². The Kier molecular flexibility index (Phi) is 22.1. The van der Waals surface area contributed by atoms with Gasteiger partial charge in [-0.3, -0.25) is 4.79 Å². The number of carbonyl (C=O) groups is 3. The molecule has 2 aliphatic carbocycles. The molecule has 2 N–H and O–H groups in total. The number of aliphatic hydroxyl groups excluding tert-OH is 1. The molecule has 1 amide bonds. The Hall–Kier alpha value is -6.68. The number of likely N-dealkylation sites (tertiary alicyclic amines) is 1. The molecule has 14 heteroatoms. The summed E-state index contributed by atoms with van der Waals surface area (Å²) in [5.41, 5.74) is -0.575. The highest BCUT2D eigenvalue weighted by molar-refractivity contribution is 7.97. The Bertz CT molecular complexity index is 2730. The van der Waals surface area contributed by atoms with Crippen LogP contribution in [-0.4, -0.2) is 76.5 Å². The van der Waals surface area contributed by atoms with Crippen LogP contribution in [0.1, 0.15) is 81.6 Å². The molecule has 1 heterocycles. The largest absolute Gasteiger partial charge is 0.872 e. The predicted octanol–water partition coefficient (Wildman–Crippen LogP) is 12.4. The molecular weight excluding hydrogens is 1030 g/mol. The van der Waals surface area contributed by atoms with Crippen LogP contribution in [0.3, 0.4) is 0 Å². The maximum Gasteiger partial charge on any atom is 0.410 e. The number of amides is 1. The summed E-state index contributed by atoms with van der Waals surface area (Å²) in [4.78, 5) is 43.3. The van der Waals surface area contributed by atoms with Gasteiger partial charge in [-0.2, -0.15) is 0 Å². The number of benzene rings is 7. The lowest BCUT2D eigenvalue weighted by Crippen LogP contribution is -2.43. The fraction of sp³-hybridized carbons (Fsp3) is 0.286. The van der Waals surface area contributed by atoms with Gasteiger partial charge in [0, 0.05) is 24.9 Å². The third-order valence-corrected chi connectivity index (χ3v) is 18.8.